The number of aryl methyl sites for hydroxylation is 1. The van der Waals surface area contributed by atoms with Crippen LogP contribution in [0, 0.1) is 6.92 Å². The van der Waals surface area contributed by atoms with Gasteiger partial charge in [-0.15, -0.1) is 5.10 Å². The minimum Gasteiger partial charge on any atom is -0.478 e. The van der Waals surface area contributed by atoms with E-state index in [1.807, 2.05) is 74.5 Å². The number of carbonyl (C=O) groups is 2. The molecule has 5 aromatic rings. The Morgan fingerprint density at radius 2 is 1.62 bits per heavy atom. The molecule has 0 saturated heterocycles. The smallest absolute Gasteiger partial charge is 0.336 e. The lowest BCUT2D eigenvalue weighted by molar-refractivity contribution is 0.0697. The number of nitrogens with one attached hydrogen (secondary N) is 1. The van der Waals surface area contributed by atoms with Crippen LogP contribution in [-0.4, -0.2) is 32.0 Å². The van der Waals surface area contributed by atoms with E-state index in [1.165, 1.54) is 0 Å². The van der Waals surface area contributed by atoms with Crippen molar-refractivity contribution < 1.29 is 14.7 Å². The predicted octanol–water partition coefficient (Wildman–Crippen LogP) is 6.35. The molecule has 0 saturated carbocycles. The molecule has 0 aliphatic carbocycles. The van der Waals surface area contributed by atoms with E-state index in [-0.39, 0.29) is 17.5 Å². The summed E-state index contributed by atoms with van der Waals surface area (Å²) in [6.07, 6.45) is 0. The van der Waals surface area contributed by atoms with Gasteiger partial charge in [-0.05, 0) is 78.6 Å². The Morgan fingerprint density at radius 3 is 2.32 bits per heavy atom. The van der Waals surface area contributed by atoms with Crippen molar-refractivity contribution in [3.63, 3.8) is 0 Å². The summed E-state index contributed by atoms with van der Waals surface area (Å²) in [5.74, 6) is -1.14. The van der Waals surface area contributed by atoms with E-state index >= 15 is 0 Å². The normalized spacial score (nSPS) is 11.9. The summed E-state index contributed by atoms with van der Waals surface area (Å²) in [5.41, 5.74) is 6.18. The van der Waals surface area contributed by atoms with Crippen LogP contribution < -0.4 is 5.32 Å². The van der Waals surface area contributed by atoms with Crippen LogP contribution in [0.5, 0.6) is 0 Å². The molecule has 0 aliphatic rings. The van der Waals surface area contributed by atoms with Crippen molar-refractivity contribution in [2.24, 2.45) is 0 Å². The minimum atomic E-state index is -0.969. The summed E-state index contributed by atoms with van der Waals surface area (Å²) < 4.78 is 2.69. The minimum absolute atomic E-state index is 0.156. The Morgan fingerprint density at radius 1 is 0.919 bits per heavy atom. The summed E-state index contributed by atoms with van der Waals surface area (Å²) in [4.78, 5) is 24.7. The van der Waals surface area contributed by atoms with E-state index in [0.29, 0.717) is 16.6 Å². The van der Waals surface area contributed by atoms with Gasteiger partial charge in [-0.2, -0.15) is 0 Å². The number of fused-ring (bicyclic) bond motifs is 1. The monoisotopic (exact) mass is 554 g/mol. The maximum absolute atomic E-state index is 13.1. The first-order valence-electron chi connectivity index (χ1n) is 11.7. The van der Waals surface area contributed by atoms with Gasteiger partial charge >= 0.3 is 5.97 Å². The molecule has 184 valence electrons. The van der Waals surface area contributed by atoms with Crippen LogP contribution in [0.15, 0.2) is 89.4 Å². The lowest BCUT2D eigenvalue weighted by Gasteiger charge is -2.15. The molecule has 2 N–H and O–H groups in total. The zero-order chi connectivity index (χ0) is 26.1. The molecular weight excluding hydrogens is 532 g/mol. The van der Waals surface area contributed by atoms with Crippen LogP contribution >= 0.6 is 15.9 Å². The highest BCUT2D eigenvalue weighted by atomic mass is 79.9. The van der Waals surface area contributed by atoms with E-state index in [2.05, 4.69) is 31.6 Å². The third-order valence-electron chi connectivity index (χ3n) is 6.41. The Balaban J connectivity index is 1.41. The number of carbonyl (C=O) groups excluding carboxylic acids is 1. The van der Waals surface area contributed by atoms with Gasteiger partial charge in [0.15, 0.2) is 0 Å². The number of carboxylic acid groups (broad SMARTS) is 1. The summed E-state index contributed by atoms with van der Waals surface area (Å²) in [5, 5.41) is 21.2. The molecule has 1 aromatic heterocycles. The lowest BCUT2D eigenvalue weighted by atomic mass is 9.99. The highest BCUT2D eigenvalue weighted by Gasteiger charge is 2.18. The van der Waals surface area contributed by atoms with Crippen LogP contribution in [0.3, 0.4) is 0 Å². The average molecular weight is 555 g/mol. The Labute approximate surface area is 221 Å². The first-order chi connectivity index (χ1) is 17.8. The molecule has 4 aromatic carbocycles. The van der Waals surface area contributed by atoms with Gasteiger partial charge in [0, 0.05) is 10.0 Å². The van der Waals surface area contributed by atoms with Gasteiger partial charge in [0.2, 0.25) is 0 Å². The van der Waals surface area contributed by atoms with Crippen LogP contribution in [-0.2, 0) is 0 Å². The first kappa shape index (κ1) is 24.4. The topological polar surface area (TPSA) is 97.1 Å². The molecule has 0 radical (unpaired) electrons. The van der Waals surface area contributed by atoms with Gasteiger partial charge in [-0.3, -0.25) is 4.79 Å². The van der Waals surface area contributed by atoms with E-state index < -0.39 is 5.97 Å². The second-order valence-electron chi connectivity index (χ2n) is 8.75. The summed E-state index contributed by atoms with van der Waals surface area (Å²) >= 11 is 3.43. The van der Waals surface area contributed by atoms with E-state index in [9.17, 15) is 14.7 Å². The highest BCUT2D eigenvalue weighted by Crippen LogP contribution is 2.27. The number of benzene rings is 4. The molecule has 7 nitrogen and oxygen atoms in total. The van der Waals surface area contributed by atoms with Crippen molar-refractivity contribution in [2.45, 2.75) is 19.9 Å². The number of aromatic nitrogens is 3. The van der Waals surface area contributed by atoms with Crippen LogP contribution in [0.4, 0.5) is 0 Å². The fourth-order valence-corrected chi connectivity index (χ4v) is 4.63. The molecule has 1 amide bonds. The molecule has 1 heterocycles. The van der Waals surface area contributed by atoms with Crippen molar-refractivity contribution >= 4 is 38.8 Å². The molecule has 8 heteroatoms. The van der Waals surface area contributed by atoms with Crippen LogP contribution in [0.25, 0.3) is 27.8 Å². The Hall–Kier alpha value is -4.30. The number of rotatable bonds is 6. The second-order valence-corrected chi connectivity index (χ2v) is 9.67. The van der Waals surface area contributed by atoms with Crippen molar-refractivity contribution in [1.29, 1.82) is 0 Å². The molecule has 0 aliphatic heterocycles. The lowest BCUT2D eigenvalue weighted by Crippen LogP contribution is -2.27. The number of hydrogen-bond acceptors (Lipinski definition) is 4. The number of amides is 1. The maximum atomic E-state index is 13.1. The molecule has 5 rings (SSSR count). The molecule has 1 atom stereocenters. The summed E-state index contributed by atoms with van der Waals surface area (Å²) in [6.45, 7) is 3.82. The van der Waals surface area contributed by atoms with Crippen molar-refractivity contribution in [3.8, 4) is 16.8 Å². The number of nitrogens with zero attached hydrogens (tertiary/aromatic N) is 3. The molecule has 0 fully saturated rings. The third kappa shape index (κ3) is 4.75. The van der Waals surface area contributed by atoms with E-state index in [4.69, 9.17) is 0 Å². The van der Waals surface area contributed by atoms with Crippen molar-refractivity contribution in [3.05, 3.63) is 112 Å². The van der Waals surface area contributed by atoms with Crippen LogP contribution in [0.1, 0.15) is 44.8 Å². The summed E-state index contributed by atoms with van der Waals surface area (Å²) in [6, 6.07) is 25.7. The van der Waals surface area contributed by atoms with Gasteiger partial charge < -0.3 is 10.4 Å². The number of aromatic carboxylic acids is 1. The van der Waals surface area contributed by atoms with E-state index in [0.717, 1.165) is 32.4 Å². The molecular formula is C29H23BrN4O3. The van der Waals surface area contributed by atoms with Gasteiger partial charge in [0.1, 0.15) is 5.52 Å². The fraction of sp³-hybridized carbons (Fsp3) is 0.103. The quantitative estimate of drug-likeness (QED) is 0.255. The molecule has 0 bridgehead atoms. The van der Waals surface area contributed by atoms with E-state index in [1.54, 1.807) is 28.9 Å². The standard InChI is InChI=1S/C29H23BrN4O3/c1-17-23(28(35)31-18(2)19-7-11-21(30)12-8-19)15-16-26-27(17)32-33-34(26)22-13-9-20(10-14-22)24-5-3-4-6-25(24)29(36)37/h3-16,18H,1-2H3,(H,31,35)(H,36,37)/t18-/m0/s1. The molecule has 0 spiro atoms. The Kier molecular flexibility index (Phi) is 6.58. The largest absolute Gasteiger partial charge is 0.478 e. The summed E-state index contributed by atoms with van der Waals surface area (Å²) in [7, 11) is 0. The number of carboxylic acids is 1. The first-order valence-corrected chi connectivity index (χ1v) is 12.5. The zero-order valence-electron chi connectivity index (χ0n) is 20.1. The zero-order valence-corrected chi connectivity index (χ0v) is 21.7. The molecule has 37 heavy (non-hydrogen) atoms. The van der Waals surface area contributed by atoms with Gasteiger partial charge in [-0.25, -0.2) is 9.48 Å². The molecule has 0 unspecified atom stereocenters. The predicted molar refractivity (Wildman–Crippen MR) is 146 cm³/mol. The number of hydrogen-bond donors (Lipinski definition) is 2. The SMILES string of the molecule is Cc1c(C(=O)N[C@@H](C)c2ccc(Br)cc2)ccc2c1nnn2-c1ccc(-c2ccccc2C(=O)O)cc1. The van der Waals surface area contributed by atoms with Crippen molar-refractivity contribution in [1.82, 2.24) is 20.3 Å². The van der Waals surface area contributed by atoms with Gasteiger partial charge in [-0.1, -0.05) is 63.6 Å². The maximum Gasteiger partial charge on any atom is 0.336 e. The highest BCUT2D eigenvalue weighted by molar-refractivity contribution is 9.10. The number of halogens is 1. The van der Waals surface area contributed by atoms with Gasteiger partial charge in [0.05, 0.1) is 22.8 Å². The fourth-order valence-electron chi connectivity index (χ4n) is 4.37. The van der Waals surface area contributed by atoms with Crippen molar-refractivity contribution in [2.75, 3.05) is 0 Å². The average Bonchev–Trinajstić information content (AvgIpc) is 3.34. The Bertz CT molecular complexity index is 1630. The second kappa shape index (κ2) is 9.99. The van der Waals surface area contributed by atoms with Gasteiger partial charge in [0.25, 0.3) is 5.91 Å². The van der Waals surface area contributed by atoms with Crippen LogP contribution in [0.2, 0.25) is 0 Å². The third-order valence-corrected chi connectivity index (χ3v) is 6.94.